The zero-order valence-electron chi connectivity index (χ0n) is 21.5. The van der Waals surface area contributed by atoms with Crippen molar-refractivity contribution in [1.82, 2.24) is 5.32 Å². The van der Waals surface area contributed by atoms with Gasteiger partial charge in [0.15, 0.2) is 5.17 Å². The summed E-state index contributed by atoms with van der Waals surface area (Å²) in [5.74, 6) is -0.325. The van der Waals surface area contributed by atoms with Crippen LogP contribution in [0, 0.1) is 0 Å². The summed E-state index contributed by atoms with van der Waals surface area (Å²) in [7, 11) is 1.62. The molecule has 0 spiro atoms. The predicted octanol–water partition coefficient (Wildman–Crippen LogP) is 4.98. The number of thioether (sulfide) groups is 1. The Balaban J connectivity index is 1.37. The highest BCUT2D eigenvalue weighted by atomic mass is 32.2. The standard InChI is InChI=1S/C30H27N3O5S/c1-3-38-29(36)21-9-13-22(14-10-21)33-27(34)18-26(28(33)35)39-30-31-24(19-7-5-4-6-8-19)17-25(32-30)20-11-15-23(37-2)16-12-20/h4-17,25-26H,3,18H2,1-2H3,(H,31,32). The summed E-state index contributed by atoms with van der Waals surface area (Å²) in [5, 5.41) is 3.28. The van der Waals surface area contributed by atoms with Gasteiger partial charge in [0.05, 0.1) is 31.0 Å². The largest absolute Gasteiger partial charge is 0.497 e. The van der Waals surface area contributed by atoms with Crippen LogP contribution in [-0.2, 0) is 14.3 Å². The van der Waals surface area contributed by atoms with Crippen molar-refractivity contribution in [3.63, 3.8) is 0 Å². The summed E-state index contributed by atoms with van der Waals surface area (Å²) in [6.07, 6.45) is 2.08. The number of amides is 2. The molecule has 1 fully saturated rings. The van der Waals surface area contributed by atoms with Crippen LogP contribution in [0.3, 0.4) is 0 Å². The van der Waals surface area contributed by atoms with E-state index in [2.05, 4.69) is 5.32 Å². The number of nitrogens with zero attached hydrogens (tertiary/aromatic N) is 2. The van der Waals surface area contributed by atoms with E-state index in [-0.39, 0.29) is 30.9 Å². The number of benzene rings is 3. The Morgan fingerprint density at radius 1 is 1.03 bits per heavy atom. The average Bonchev–Trinajstić information content (AvgIpc) is 3.25. The number of imide groups is 1. The normalized spacial score (nSPS) is 18.8. The molecule has 2 amide bonds. The Labute approximate surface area is 230 Å². The van der Waals surface area contributed by atoms with E-state index < -0.39 is 11.2 Å². The summed E-state index contributed by atoms with van der Waals surface area (Å²) >= 11 is 1.24. The zero-order chi connectivity index (χ0) is 27.4. The van der Waals surface area contributed by atoms with Gasteiger partial charge in [-0.15, -0.1) is 0 Å². The molecule has 3 aromatic carbocycles. The smallest absolute Gasteiger partial charge is 0.338 e. The fraction of sp³-hybridized carbons (Fsp3) is 0.200. The van der Waals surface area contributed by atoms with Gasteiger partial charge in [0.1, 0.15) is 11.0 Å². The second-order valence-electron chi connectivity index (χ2n) is 8.87. The number of methoxy groups -OCH3 is 1. The summed E-state index contributed by atoms with van der Waals surface area (Å²) in [5.41, 5.74) is 3.61. The molecular formula is C30H27N3O5S. The lowest BCUT2D eigenvalue weighted by Gasteiger charge is -2.23. The molecule has 2 atom stereocenters. The van der Waals surface area contributed by atoms with Crippen LogP contribution in [0.15, 0.2) is 89.9 Å². The number of esters is 1. The highest BCUT2D eigenvalue weighted by molar-refractivity contribution is 8.15. The third-order valence-electron chi connectivity index (χ3n) is 6.36. The van der Waals surface area contributed by atoms with Crippen LogP contribution in [0.5, 0.6) is 5.75 Å². The van der Waals surface area contributed by atoms with Crippen molar-refractivity contribution in [3.05, 3.63) is 102 Å². The molecule has 39 heavy (non-hydrogen) atoms. The van der Waals surface area contributed by atoms with Crippen molar-refractivity contribution in [2.75, 3.05) is 18.6 Å². The first kappa shape index (κ1) is 26.2. The molecule has 8 nitrogen and oxygen atoms in total. The molecule has 2 unspecified atom stereocenters. The van der Waals surface area contributed by atoms with Crippen LogP contribution in [-0.4, -0.2) is 41.9 Å². The quantitative estimate of drug-likeness (QED) is 0.333. The number of rotatable bonds is 7. The van der Waals surface area contributed by atoms with Crippen LogP contribution in [0.25, 0.3) is 5.70 Å². The van der Waals surface area contributed by atoms with Gasteiger partial charge in [0.2, 0.25) is 11.8 Å². The van der Waals surface area contributed by atoms with E-state index in [9.17, 15) is 14.4 Å². The van der Waals surface area contributed by atoms with E-state index in [1.54, 1.807) is 38.3 Å². The van der Waals surface area contributed by atoms with Gasteiger partial charge in [-0.25, -0.2) is 14.7 Å². The van der Waals surface area contributed by atoms with Crippen LogP contribution in [0.2, 0.25) is 0 Å². The monoisotopic (exact) mass is 541 g/mol. The molecule has 198 valence electrons. The Morgan fingerprint density at radius 2 is 1.74 bits per heavy atom. The van der Waals surface area contributed by atoms with Crippen molar-refractivity contribution in [3.8, 4) is 5.75 Å². The van der Waals surface area contributed by atoms with Gasteiger partial charge in [-0.05, 0) is 60.5 Å². The van der Waals surface area contributed by atoms with Crippen molar-refractivity contribution < 1.29 is 23.9 Å². The van der Waals surface area contributed by atoms with Gasteiger partial charge in [-0.3, -0.25) is 9.59 Å². The van der Waals surface area contributed by atoms with Gasteiger partial charge < -0.3 is 14.8 Å². The molecule has 0 radical (unpaired) electrons. The van der Waals surface area contributed by atoms with Gasteiger partial charge in [-0.2, -0.15) is 0 Å². The van der Waals surface area contributed by atoms with Crippen molar-refractivity contribution in [1.29, 1.82) is 0 Å². The predicted molar refractivity (Wildman–Crippen MR) is 152 cm³/mol. The van der Waals surface area contributed by atoms with Gasteiger partial charge in [0, 0.05) is 12.1 Å². The van der Waals surface area contributed by atoms with Crippen molar-refractivity contribution >= 4 is 46.1 Å². The van der Waals surface area contributed by atoms with E-state index in [4.69, 9.17) is 14.5 Å². The molecule has 9 heteroatoms. The number of amidine groups is 1. The summed E-state index contributed by atoms with van der Waals surface area (Å²) in [6, 6.07) is 23.6. The van der Waals surface area contributed by atoms with Gasteiger partial charge in [0.25, 0.3) is 0 Å². The van der Waals surface area contributed by atoms with E-state index in [1.807, 2.05) is 60.7 Å². The van der Waals surface area contributed by atoms with E-state index >= 15 is 0 Å². The summed E-state index contributed by atoms with van der Waals surface area (Å²) in [6.45, 7) is 2.00. The number of anilines is 1. The maximum absolute atomic E-state index is 13.4. The molecule has 0 aliphatic carbocycles. The zero-order valence-corrected chi connectivity index (χ0v) is 22.3. The maximum Gasteiger partial charge on any atom is 0.338 e. The molecular weight excluding hydrogens is 514 g/mol. The Bertz CT molecular complexity index is 1440. The molecule has 0 bridgehead atoms. The first-order valence-corrected chi connectivity index (χ1v) is 13.4. The van der Waals surface area contributed by atoms with Gasteiger partial charge in [-0.1, -0.05) is 54.2 Å². The van der Waals surface area contributed by atoms with E-state index in [0.717, 1.165) is 22.6 Å². The Hall–Kier alpha value is -4.37. The molecule has 0 aromatic heterocycles. The van der Waals surface area contributed by atoms with Crippen molar-refractivity contribution in [2.24, 2.45) is 4.99 Å². The molecule has 1 saturated heterocycles. The fourth-order valence-electron chi connectivity index (χ4n) is 4.39. The lowest BCUT2D eigenvalue weighted by atomic mass is 10.0. The van der Waals surface area contributed by atoms with Crippen LogP contribution in [0.1, 0.15) is 40.9 Å². The first-order valence-electron chi connectivity index (χ1n) is 12.5. The molecule has 5 rings (SSSR count). The average molecular weight is 542 g/mol. The number of hydrogen-bond acceptors (Lipinski definition) is 8. The number of hydrogen-bond donors (Lipinski definition) is 1. The number of aliphatic imine (C=N–C) groups is 1. The topological polar surface area (TPSA) is 97.3 Å². The highest BCUT2D eigenvalue weighted by Crippen LogP contribution is 2.34. The summed E-state index contributed by atoms with van der Waals surface area (Å²) in [4.78, 5) is 44.3. The number of carbonyl (C=O) groups excluding carboxylic acids is 3. The minimum Gasteiger partial charge on any atom is -0.497 e. The number of carbonyl (C=O) groups is 3. The third kappa shape index (κ3) is 5.73. The Morgan fingerprint density at radius 3 is 2.41 bits per heavy atom. The van der Waals surface area contributed by atoms with Crippen LogP contribution in [0.4, 0.5) is 5.69 Å². The van der Waals surface area contributed by atoms with E-state index in [1.165, 1.54) is 16.7 Å². The molecule has 2 heterocycles. The molecule has 2 aliphatic rings. The lowest BCUT2D eigenvalue weighted by molar-refractivity contribution is -0.121. The number of nitrogens with one attached hydrogen (secondary N) is 1. The highest BCUT2D eigenvalue weighted by Gasteiger charge is 2.41. The first-order chi connectivity index (χ1) is 19.0. The van der Waals surface area contributed by atoms with Crippen molar-refractivity contribution in [2.45, 2.75) is 24.6 Å². The second-order valence-corrected chi connectivity index (χ2v) is 10.1. The SMILES string of the molecule is CCOC(=O)c1ccc(N2C(=O)CC(SC3=NC(c4ccc(OC)cc4)C=C(c4ccccc4)N3)C2=O)cc1. The lowest BCUT2D eigenvalue weighted by Crippen LogP contribution is -2.33. The molecule has 1 N–H and O–H groups in total. The minimum atomic E-state index is -0.639. The third-order valence-corrected chi connectivity index (χ3v) is 7.44. The van der Waals surface area contributed by atoms with Crippen LogP contribution >= 0.6 is 11.8 Å². The fourth-order valence-corrected chi connectivity index (χ4v) is 5.44. The second kappa shape index (κ2) is 11.6. The molecule has 0 saturated carbocycles. The maximum atomic E-state index is 13.4. The number of ether oxygens (including phenoxy) is 2. The molecule has 3 aromatic rings. The van der Waals surface area contributed by atoms with Crippen LogP contribution < -0.4 is 15.0 Å². The molecule has 2 aliphatic heterocycles. The summed E-state index contributed by atoms with van der Waals surface area (Å²) < 4.78 is 10.3. The minimum absolute atomic E-state index is 0.0431. The van der Waals surface area contributed by atoms with E-state index in [0.29, 0.717) is 16.4 Å². The Kier molecular flexibility index (Phi) is 7.79. The van der Waals surface area contributed by atoms with Gasteiger partial charge >= 0.3 is 5.97 Å².